The molecule has 1 atom stereocenters. The first-order valence-corrected chi connectivity index (χ1v) is 8.12. The summed E-state index contributed by atoms with van der Waals surface area (Å²) in [4.78, 5) is 4.50. The summed E-state index contributed by atoms with van der Waals surface area (Å²) in [7, 11) is 0. The highest BCUT2D eigenvalue weighted by Gasteiger charge is 2.20. The summed E-state index contributed by atoms with van der Waals surface area (Å²) in [6.07, 6.45) is 3.74. The van der Waals surface area contributed by atoms with Crippen LogP contribution in [-0.2, 0) is 0 Å². The Kier molecular flexibility index (Phi) is 6.49. The molecule has 0 bridgehead atoms. The van der Waals surface area contributed by atoms with E-state index in [0.717, 1.165) is 25.0 Å². The Labute approximate surface area is 132 Å². The zero-order valence-corrected chi connectivity index (χ0v) is 13.4. The highest BCUT2D eigenvalue weighted by Crippen LogP contribution is 2.31. The number of para-hydroxylation sites is 1. The monoisotopic (exact) mass is 307 g/mol. The first-order chi connectivity index (χ1) is 10.7. The van der Waals surface area contributed by atoms with E-state index in [1.165, 1.54) is 25.3 Å². The summed E-state index contributed by atoms with van der Waals surface area (Å²) in [5.41, 5.74) is 0. The average Bonchev–Trinajstić information content (AvgIpc) is 3.31. The predicted molar refractivity (Wildman–Crippen MR) is 87.8 cm³/mol. The Balaban J connectivity index is 1.78. The highest BCUT2D eigenvalue weighted by molar-refractivity contribution is 5.79. The summed E-state index contributed by atoms with van der Waals surface area (Å²) < 4.78 is 19.1. The molecule has 0 heterocycles. The second-order valence-electron chi connectivity index (χ2n) is 5.74. The van der Waals surface area contributed by atoms with Crippen LogP contribution in [0.1, 0.15) is 33.1 Å². The number of hydrogen-bond donors (Lipinski definition) is 2. The number of rotatable bonds is 8. The van der Waals surface area contributed by atoms with Crippen molar-refractivity contribution in [3.63, 3.8) is 0 Å². The minimum Gasteiger partial charge on any atom is -0.486 e. The fraction of sp³-hybridized carbons (Fsp3) is 0.588. The quantitative estimate of drug-likeness (QED) is 0.573. The van der Waals surface area contributed by atoms with Gasteiger partial charge in [0.05, 0.1) is 6.54 Å². The van der Waals surface area contributed by atoms with E-state index in [2.05, 4.69) is 15.6 Å². The summed E-state index contributed by atoms with van der Waals surface area (Å²) in [5, 5.41) is 6.55. The minimum atomic E-state index is -0.340. The topological polar surface area (TPSA) is 45.7 Å². The summed E-state index contributed by atoms with van der Waals surface area (Å²) in [6, 6.07) is 6.44. The Morgan fingerprint density at radius 1 is 1.36 bits per heavy atom. The number of ether oxygens (including phenoxy) is 1. The molecule has 22 heavy (non-hydrogen) atoms. The third-order valence-corrected chi connectivity index (χ3v) is 3.56. The van der Waals surface area contributed by atoms with Crippen LogP contribution < -0.4 is 15.4 Å². The van der Waals surface area contributed by atoms with Crippen molar-refractivity contribution in [2.75, 3.05) is 19.6 Å². The van der Waals surface area contributed by atoms with Gasteiger partial charge in [-0.1, -0.05) is 25.0 Å². The first kappa shape index (κ1) is 16.6. The van der Waals surface area contributed by atoms with Gasteiger partial charge in [0, 0.05) is 13.1 Å². The van der Waals surface area contributed by atoms with Gasteiger partial charge in [0.2, 0.25) is 0 Å². The van der Waals surface area contributed by atoms with Crippen LogP contribution in [0.3, 0.4) is 0 Å². The van der Waals surface area contributed by atoms with Crippen molar-refractivity contribution in [1.29, 1.82) is 0 Å². The van der Waals surface area contributed by atoms with Crippen molar-refractivity contribution in [2.45, 2.75) is 39.2 Å². The molecule has 2 N–H and O–H groups in total. The van der Waals surface area contributed by atoms with Crippen LogP contribution in [0.25, 0.3) is 0 Å². The molecule has 1 fully saturated rings. The molecule has 0 saturated heterocycles. The van der Waals surface area contributed by atoms with Gasteiger partial charge in [0.1, 0.15) is 6.10 Å². The third kappa shape index (κ3) is 5.92. The van der Waals surface area contributed by atoms with Crippen molar-refractivity contribution < 1.29 is 9.13 Å². The molecular weight excluding hydrogens is 281 g/mol. The Hall–Kier alpha value is -1.78. The number of aliphatic imine (C=N–C) groups is 1. The zero-order chi connectivity index (χ0) is 15.8. The number of halogens is 1. The van der Waals surface area contributed by atoms with Gasteiger partial charge in [0.25, 0.3) is 0 Å². The van der Waals surface area contributed by atoms with Crippen molar-refractivity contribution in [2.24, 2.45) is 10.9 Å². The van der Waals surface area contributed by atoms with Crippen LogP contribution in [0.2, 0.25) is 0 Å². The predicted octanol–water partition coefficient (Wildman–Crippen LogP) is 2.95. The van der Waals surface area contributed by atoms with Crippen LogP contribution in [0.4, 0.5) is 4.39 Å². The molecule has 2 rings (SSSR count). The Morgan fingerprint density at radius 3 is 2.82 bits per heavy atom. The smallest absolute Gasteiger partial charge is 0.191 e. The third-order valence-electron chi connectivity index (χ3n) is 3.56. The Bertz CT molecular complexity index is 489. The van der Waals surface area contributed by atoms with E-state index in [1.54, 1.807) is 18.2 Å². The van der Waals surface area contributed by atoms with E-state index in [0.29, 0.717) is 6.54 Å². The number of hydrogen-bond acceptors (Lipinski definition) is 2. The number of nitrogens with one attached hydrogen (secondary N) is 2. The maximum absolute atomic E-state index is 13.5. The van der Waals surface area contributed by atoms with E-state index in [-0.39, 0.29) is 17.7 Å². The number of benzene rings is 1. The van der Waals surface area contributed by atoms with Gasteiger partial charge < -0.3 is 15.4 Å². The van der Waals surface area contributed by atoms with E-state index < -0.39 is 0 Å². The fourth-order valence-corrected chi connectivity index (χ4v) is 2.16. The van der Waals surface area contributed by atoms with Gasteiger partial charge in [-0.3, -0.25) is 0 Å². The molecule has 1 saturated carbocycles. The molecule has 5 heteroatoms. The summed E-state index contributed by atoms with van der Waals surface area (Å²) in [5.74, 6) is 1.63. The van der Waals surface area contributed by atoms with Crippen LogP contribution in [-0.4, -0.2) is 31.7 Å². The normalized spacial score (nSPS) is 16.2. The lowest BCUT2D eigenvalue weighted by Crippen LogP contribution is -2.38. The molecule has 0 aromatic heterocycles. The zero-order valence-electron chi connectivity index (χ0n) is 13.4. The lowest BCUT2D eigenvalue weighted by atomic mass is 10.3. The molecule has 1 aliphatic carbocycles. The van der Waals surface area contributed by atoms with Gasteiger partial charge >= 0.3 is 0 Å². The molecule has 0 amide bonds. The van der Waals surface area contributed by atoms with Crippen LogP contribution in [0.5, 0.6) is 5.75 Å². The molecular formula is C17H26FN3O. The van der Waals surface area contributed by atoms with Crippen LogP contribution in [0.15, 0.2) is 29.3 Å². The minimum absolute atomic E-state index is 0.184. The molecule has 4 nitrogen and oxygen atoms in total. The SMILES string of the molecule is CCNC(=NCC(C)Oc1ccccc1F)NCCC1CC1. The number of nitrogens with zero attached hydrogens (tertiary/aromatic N) is 1. The maximum Gasteiger partial charge on any atom is 0.191 e. The summed E-state index contributed by atoms with van der Waals surface area (Å²) >= 11 is 0. The van der Waals surface area contributed by atoms with Gasteiger partial charge in [-0.15, -0.1) is 0 Å². The molecule has 1 aromatic carbocycles. The van der Waals surface area contributed by atoms with Crippen molar-refractivity contribution in [3.05, 3.63) is 30.1 Å². The van der Waals surface area contributed by atoms with Crippen LogP contribution in [0, 0.1) is 11.7 Å². The van der Waals surface area contributed by atoms with E-state index >= 15 is 0 Å². The van der Waals surface area contributed by atoms with E-state index in [4.69, 9.17) is 4.74 Å². The molecule has 1 aliphatic rings. The number of guanidine groups is 1. The van der Waals surface area contributed by atoms with Crippen molar-refractivity contribution >= 4 is 5.96 Å². The van der Waals surface area contributed by atoms with Gasteiger partial charge in [-0.2, -0.15) is 0 Å². The van der Waals surface area contributed by atoms with Crippen molar-refractivity contribution in [1.82, 2.24) is 10.6 Å². The van der Waals surface area contributed by atoms with E-state index in [1.807, 2.05) is 13.8 Å². The molecule has 1 aromatic rings. The molecule has 1 unspecified atom stereocenters. The van der Waals surface area contributed by atoms with E-state index in [9.17, 15) is 4.39 Å². The maximum atomic E-state index is 13.5. The van der Waals surface area contributed by atoms with Crippen LogP contribution >= 0.6 is 0 Å². The lowest BCUT2D eigenvalue weighted by Gasteiger charge is -2.15. The molecule has 0 aliphatic heterocycles. The van der Waals surface area contributed by atoms with Gasteiger partial charge in [-0.05, 0) is 38.3 Å². The second kappa shape index (κ2) is 8.61. The highest BCUT2D eigenvalue weighted by atomic mass is 19.1. The first-order valence-electron chi connectivity index (χ1n) is 8.12. The van der Waals surface area contributed by atoms with Gasteiger partial charge in [0.15, 0.2) is 17.5 Å². The van der Waals surface area contributed by atoms with Gasteiger partial charge in [-0.25, -0.2) is 9.38 Å². The van der Waals surface area contributed by atoms with Crippen molar-refractivity contribution in [3.8, 4) is 5.75 Å². The lowest BCUT2D eigenvalue weighted by molar-refractivity contribution is 0.220. The molecule has 0 radical (unpaired) electrons. The Morgan fingerprint density at radius 2 is 2.14 bits per heavy atom. The summed E-state index contributed by atoms with van der Waals surface area (Å²) in [6.45, 7) is 6.17. The largest absolute Gasteiger partial charge is 0.486 e. The molecule has 0 spiro atoms. The second-order valence-corrected chi connectivity index (χ2v) is 5.74. The average molecular weight is 307 g/mol. The standard InChI is InChI=1S/C17H26FN3O/c1-3-19-17(20-11-10-14-8-9-14)21-12-13(2)22-16-7-5-4-6-15(16)18/h4-7,13-14H,3,8-12H2,1-2H3,(H2,19,20,21). The fourth-order valence-electron chi connectivity index (χ4n) is 2.16. The molecule has 122 valence electrons.